The van der Waals surface area contributed by atoms with Crippen LogP contribution in [0.1, 0.15) is 65.2 Å². The standard InChI is InChI=1S/C40H72N6O16/c1-32(47)9-10-34(40(41)54)6-3-4-11-42-37(51)29-60-25-23-58-19-15-46-39(53)31-62-27-22-56-17-13-44-36(50)8-5-7-35(49)43-12-16-55-21-26-61-30-38(52)45-14-18-57-20-24-59-28-33(2)48/h34H,3-31H2,1-2H3,(H2,41,54)(H,42,51)(H,43,49)(H,44,50)(H,45,52)(H,46,53)/t34-/m1/s1. The highest BCUT2D eigenvalue weighted by molar-refractivity contribution is 5.80. The van der Waals surface area contributed by atoms with Gasteiger partial charge >= 0.3 is 0 Å². The first kappa shape index (κ1) is 57.8. The van der Waals surface area contributed by atoms with Crippen molar-refractivity contribution in [2.45, 2.75) is 65.2 Å². The summed E-state index contributed by atoms with van der Waals surface area (Å²) in [6.07, 6.45) is 3.48. The van der Waals surface area contributed by atoms with Gasteiger partial charge in [-0.1, -0.05) is 6.42 Å². The molecule has 0 saturated heterocycles. The number of ketones is 2. The number of rotatable bonds is 45. The first-order chi connectivity index (χ1) is 29.9. The zero-order chi connectivity index (χ0) is 45.9. The van der Waals surface area contributed by atoms with Crippen molar-refractivity contribution in [3.63, 3.8) is 0 Å². The third-order valence-electron chi connectivity index (χ3n) is 8.12. The van der Waals surface area contributed by atoms with Crippen LogP contribution in [0.4, 0.5) is 0 Å². The second-order valence-corrected chi connectivity index (χ2v) is 13.8. The third kappa shape index (κ3) is 42.5. The van der Waals surface area contributed by atoms with E-state index in [9.17, 15) is 38.4 Å². The van der Waals surface area contributed by atoms with Gasteiger partial charge in [-0.15, -0.1) is 0 Å². The predicted octanol–water partition coefficient (Wildman–Crippen LogP) is -1.90. The molecule has 0 aliphatic rings. The highest BCUT2D eigenvalue weighted by atomic mass is 16.5. The molecule has 22 heteroatoms. The second kappa shape index (κ2) is 42.2. The minimum absolute atomic E-state index is 0.0213. The van der Waals surface area contributed by atoms with Crippen LogP contribution < -0.4 is 32.3 Å². The number of hydrogen-bond acceptors (Lipinski definition) is 16. The lowest BCUT2D eigenvalue weighted by Crippen LogP contribution is -2.32. The number of primary amides is 1. The van der Waals surface area contributed by atoms with Crippen molar-refractivity contribution < 1.29 is 76.3 Å². The molecule has 0 unspecified atom stereocenters. The van der Waals surface area contributed by atoms with Crippen molar-refractivity contribution in [3.05, 3.63) is 0 Å². The average Bonchev–Trinajstić information content (AvgIpc) is 3.22. The monoisotopic (exact) mass is 893 g/mol. The van der Waals surface area contributed by atoms with Gasteiger partial charge in [0.05, 0.1) is 79.3 Å². The van der Waals surface area contributed by atoms with Gasteiger partial charge in [-0.05, 0) is 39.5 Å². The zero-order valence-electron chi connectivity index (χ0n) is 36.7. The maximum Gasteiger partial charge on any atom is 0.246 e. The van der Waals surface area contributed by atoms with Gasteiger partial charge in [0.15, 0.2) is 5.78 Å². The van der Waals surface area contributed by atoms with Crippen molar-refractivity contribution in [2.75, 3.05) is 138 Å². The van der Waals surface area contributed by atoms with Crippen molar-refractivity contribution in [1.29, 1.82) is 0 Å². The lowest BCUT2D eigenvalue weighted by atomic mass is 9.95. The Morgan fingerprint density at radius 2 is 0.726 bits per heavy atom. The number of nitrogens with two attached hydrogens (primary N) is 1. The Hall–Kier alpha value is -4.16. The SMILES string of the molecule is CC(=O)CC[C@@H](CCCCNC(=O)COCCOCCNC(=O)COCCOCCNC(=O)CCCC(=O)NCCOCCOCC(=O)NCCOCCOCC(C)=O)C(N)=O. The minimum atomic E-state index is -0.412. The molecule has 6 amide bonds. The lowest BCUT2D eigenvalue weighted by molar-refractivity contribution is -0.127. The van der Waals surface area contributed by atoms with Crippen LogP contribution in [-0.2, 0) is 76.3 Å². The maximum absolute atomic E-state index is 12.0. The van der Waals surface area contributed by atoms with Gasteiger partial charge in [-0.25, -0.2) is 0 Å². The van der Waals surface area contributed by atoms with E-state index in [0.29, 0.717) is 78.0 Å². The number of unbranched alkanes of at least 4 members (excludes halogenated alkanes) is 1. The van der Waals surface area contributed by atoms with Crippen molar-refractivity contribution in [2.24, 2.45) is 11.7 Å². The van der Waals surface area contributed by atoms with Gasteiger partial charge in [0.2, 0.25) is 35.4 Å². The Morgan fingerprint density at radius 1 is 0.371 bits per heavy atom. The van der Waals surface area contributed by atoms with Gasteiger partial charge in [-0.3, -0.25) is 33.6 Å². The van der Waals surface area contributed by atoms with Crippen LogP contribution in [0.15, 0.2) is 0 Å². The molecule has 0 aromatic carbocycles. The normalized spacial score (nSPS) is 11.4. The smallest absolute Gasteiger partial charge is 0.246 e. The second-order valence-electron chi connectivity index (χ2n) is 13.8. The van der Waals surface area contributed by atoms with Crippen molar-refractivity contribution in [3.8, 4) is 0 Å². The number of Topliss-reactive ketones (excluding diaryl/α,β-unsaturated/α-hetero) is 2. The van der Waals surface area contributed by atoms with E-state index in [1.807, 2.05) is 0 Å². The molecule has 0 rings (SSSR count). The molecule has 0 aromatic rings. The van der Waals surface area contributed by atoms with Crippen LogP contribution in [0.2, 0.25) is 0 Å². The summed E-state index contributed by atoms with van der Waals surface area (Å²) < 4.78 is 42.3. The minimum Gasteiger partial charge on any atom is -0.377 e. The quantitative estimate of drug-likeness (QED) is 0.0364. The molecule has 0 saturated carbocycles. The van der Waals surface area contributed by atoms with E-state index < -0.39 is 5.91 Å². The summed E-state index contributed by atoms with van der Waals surface area (Å²) in [5.41, 5.74) is 5.39. The molecule has 0 aromatic heterocycles. The van der Waals surface area contributed by atoms with Crippen LogP contribution in [0.5, 0.6) is 0 Å². The van der Waals surface area contributed by atoms with Gasteiger partial charge < -0.3 is 75.0 Å². The lowest BCUT2D eigenvalue weighted by Gasteiger charge is -2.12. The molecule has 1 atom stereocenters. The van der Waals surface area contributed by atoms with Crippen molar-refractivity contribution in [1.82, 2.24) is 26.6 Å². The highest BCUT2D eigenvalue weighted by Gasteiger charge is 2.15. The summed E-state index contributed by atoms with van der Waals surface area (Å²) in [5.74, 6) is -2.05. The van der Waals surface area contributed by atoms with E-state index in [-0.39, 0.29) is 159 Å². The Labute approximate surface area is 364 Å². The molecule has 0 radical (unpaired) electrons. The molecule has 0 aliphatic heterocycles. The van der Waals surface area contributed by atoms with E-state index in [2.05, 4.69) is 26.6 Å². The summed E-state index contributed by atoms with van der Waals surface area (Å²) >= 11 is 0. The Morgan fingerprint density at radius 3 is 1.10 bits per heavy atom. The van der Waals surface area contributed by atoms with Gasteiger partial charge in [-0.2, -0.15) is 0 Å². The number of amides is 6. The molecule has 7 N–H and O–H groups in total. The molecule has 0 spiro atoms. The van der Waals surface area contributed by atoms with Crippen LogP contribution >= 0.6 is 0 Å². The fourth-order valence-corrected chi connectivity index (χ4v) is 4.93. The summed E-state index contributed by atoms with van der Waals surface area (Å²) in [6, 6.07) is 0. The van der Waals surface area contributed by atoms with Crippen LogP contribution in [0.25, 0.3) is 0 Å². The molecule has 0 bridgehead atoms. The largest absolute Gasteiger partial charge is 0.377 e. The topological polar surface area (TPSA) is 297 Å². The Balaban J connectivity index is 3.49. The first-order valence-electron chi connectivity index (χ1n) is 21.1. The maximum atomic E-state index is 12.0. The Kier molecular flexibility index (Phi) is 39.3. The number of ether oxygens (including phenoxy) is 8. The summed E-state index contributed by atoms with van der Waals surface area (Å²) in [6.45, 7) is 7.27. The predicted molar refractivity (Wildman–Crippen MR) is 223 cm³/mol. The fraction of sp³-hybridized carbons (Fsp3) is 0.800. The molecular weight excluding hydrogens is 820 g/mol. The molecule has 0 aliphatic carbocycles. The Bertz CT molecular complexity index is 1260. The van der Waals surface area contributed by atoms with Crippen LogP contribution in [0.3, 0.4) is 0 Å². The number of carbonyl (C=O) groups excluding carboxylic acids is 8. The van der Waals surface area contributed by atoms with E-state index in [4.69, 9.17) is 43.6 Å². The van der Waals surface area contributed by atoms with Gasteiger partial charge in [0, 0.05) is 57.9 Å². The van der Waals surface area contributed by atoms with Crippen molar-refractivity contribution >= 4 is 47.0 Å². The fourth-order valence-electron chi connectivity index (χ4n) is 4.93. The van der Waals surface area contributed by atoms with E-state index in [0.717, 1.165) is 0 Å². The van der Waals surface area contributed by atoms with E-state index in [1.165, 1.54) is 13.8 Å². The summed E-state index contributed by atoms with van der Waals surface area (Å²) in [4.78, 5) is 92.8. The first-order valence-corrected chi connectivity index (χ1v) is 21.1. The molecule has 0 fully saturated rings. The summed E-state index contributed by atoms with van der Waals surface area (Å²) in [5, 5.41) is 13.5. The zero-order valence-corrected chi connectivity index (χ0v) is 36.7. The number of hydrogen-bond donors (Lipinski definition) is 6. The highest BCUT2D eigenvalue weighted by Crippen LogP contribution is 2.14. The van der Waals surface area contributed by atoms with Gasteiger partial charge in [0.1, 0.15) is 32.2 Å². The molecule has 358 valence electrons. The molecular formula is C40H72N6O16. The van der Waals surface area contributed by atoms with Crippen LogP contribution in [-0.4, -0.2) is 185 Å². The van der Waals surface area contributed by atoms with Gasteiger partial charge in [0.25, 0.3) is 0 Å². The van der Waals surface area contributed by atoms with E-state index >= 15 is 0 Å². The summed E-state index contributed by atoms with van der Waals surface area (Å²) in [7, 11) is 0. The number of carbonyl (C=O) groups is 8. The molecule has 22 nitrogen and oxygen atoms in total. The molecule has 62 heavy (non-hydrogen) atoms. The van der Waals surface area contributed by atoms with E-state index in [1.54, 1.807) is 0 Å². The molecule has 0 heterocycles. The average molecular weight is 893 g/mol. The third-order valence-corrected chi connectivity index (χ3v) is 8.12. The number of nitrogens with one attached hydrogen (secondary N) is 5. The van der Waals surface area contributed by atoms with Crippen LogP contribution in [0, 0.1) is 5.92 Å².